The number of carbonyl (C=O) groups is 1. The molecular formula is C13H27N3O2S. The number of hydrogen-bond donors (Lipinski definition) is 3. The van der Waals surface area contributed by atoms with Crippen LogP contribution in [0, 0.1) is 5.92 Å². The Hall–Kier alpha value is -0.880. The Balaban J connectivity index is 3.39. The van der Waals surface area contributed by atoms with Crippen molar-refractivity contribution in [1.82, 2.24) is 16.0 Å². The molecule has 112 valence electrons. The Morgan fingerprint density at radius 1 is 1.21 bits per heavy atom. The third-order valence-corrected chi connectivity index (χ3v) is 2.59. The van der Waals surface area contributed by atoms with Gasteiger partial charge in [0.2, 0.25) is 5.91 Å². The van der Waals surface area contributed by atoms with E-state index in [9.17, 15) is 4.79 Å². The second-order valence-electron chi connectivity index (χ2n) is 4.68. The highest BCUT2D eigenvalue weighted by Crippen LogP contribution is 1.88. The molecule has 0 atom stereocenters. The van der Waals surface area contributed by atoms with Gasteiger partial charge in [0.15, 0.2) is 5.11 Å². The van der Waals surface area contributed by atoms with Crippen molar-refractivity contribution < 1.29 is 9.53 Å². The summed E-state index contributed by atoms with van der Waals surface area (Å²) < 4.78 is 5.22. The smallest absolute Gasteiger partial charge is 0.221 e. The summed E-state index contributed by atoms with van der Waals surface area (Å²) in [4.78, 5) is 11.4. The van der Waals surface area contributed by atoms with Gasteiger partial charge in [0.25, 0.3) is 0 Å². The quantitative estimate of drug-likeness (QED) is 0.414. The molecule has 0 unspecified atom stereocenters. The van der Waals surface area contributed by atoms with Crippen LogP contribution in [0.1, 0.15) is 33.6 Å². The minimum absolute atomic E-state index is 0.0559. The van der Waals surface area contributed by atoms with Gasteiger partial charge in [-0.25, -0.2) is 0 Å². The number of thiocarbonyl (C=S) groups is 1. The third kappa shape index (κ3) is 13.4. The standard InChI is InChI=1S/C13H27N3O2S/c1-4-18-9-5-7-14-13(19)15-8-6-12(17)16-10-11(2)3/h11H,4-10H2,1-3H3,(H,16,17)(H2,14,15,19). The summed E-state index contributed by atoms with van der Waals surface area (Å²) in [6.07, 6.45) is 1.36. The molecule has 0 aliphatic rings. The van der Waals surface area contributed by atoms with E-state index in [4.69, 9.17) is 17.0 Å². The highest BCUT2D eigenvalue weighted by molar-refractivity contribution is 7.80. The van der Waals surface area contributed by atoms with Gasteiger partial charge >= 0.3 is 0 Å². The van der Waals surface area contributed by atoms with E-state index in [1.165, 1.54) is 0 Å². The minimum atomic E-state index is 0.0559. The zero-order valence-corrected chi connectivity index (χ0v) is 13.1. The van der Waals surface area contributed by atoms with Gasteiger partial charge in [-0.1, -0.05) is 13.8 Å². The Labute approximate surface area is 121 Å². The maximum Gasteiger partial charge on any atom is 0.221 e. The molecule has 0 bridgehead atoms. The molecule has 0 aromatic rings. The Bertz CT molecular complexity index is 260. The van der Waals surface area contributed by atoms with Crippen LogP contribution >= 0.6 is 12.2 Å². The molecule has 19 heavy (non-hydrogen) atoms. The first-order valence-corrected chi connectivity index (χ1v) is 7.33. The maximum absolute atomic E-state index is 11.4. The third-order valence-electron chi connectivity index (χ3n) is 2.30. The molecule has 0 aromatic carbocycles. The summed E-state index contributed by atoms with van der Waals surface area (Å²) in [5.74, 6) is 0.533. The van der Waals surface area contributed by atoms with Gasteiger partial charge in [0.05, 0.1) is 0 Å². The van der Waals surface area contributed by atoms with Gasteiger partial charge in [-0.2, -0.15) is 0 Å². The molecular weight excluding hydrogens is 262 g/mol. The van der Waals surface area contributed by atoms with Crippen LogP contribution in [-0.4, -0.2) is 43.9 Å². The predicted molar refractivity (Wildman–Crippen MR) is 82.2 cm³/mol. The second-order valence-corrected chi connectivity index (χ2v) is 5.09. The molecule has 0 radical (unpaired) electrons. The number of hydrogen-bond acceptors (Lipinski definition) is 3. The van der Waals surface area contributed by atoms with Crippen molar-refractivity contribution in [2.45, 2.75) is 33.6 Å². The first kappa shape index (κ1) is 18.1. The summed E-state index contributed by atoms with van der Waals surface area (Å²) >= 11 is 5.10. The van der Waals surface area contributed by atoms with Gasteiger partial charge in [-0.05, 0) is 31.5 Å². The minimum Gasteiger partial charge on any atom is -0.382 e. The maximum atomic E-state index is 11.4. The van der Waals surface area contributed by atoms with Crippen LogP contribution in [0.15, 0.2) is 0 Å². The van der Waals surface area contributed by atoms with Crippen LogP contribution in [-0.2, 0) is 9.53 Å². The lowest BCUT2D eigenvalue weighted by molar-refractivity contribution is -0.121. The molecule has 0 aliphatic carbocycles. The van der Waals surface area contributed by atoms with E-state index in [1.54, 1.807) is 0 Å². The Morgan fingerprint density at radius 3 is 2.53 bits per heavy atom. The summed E-state index contributed by atoms with van der Waals surface area (Å²) in [5, 5.41) is 9.54. The van der Waals surface area contributed by atoms with E-state index in [-0.39, 0.29) is 5.91 Å². The van der Waals surface area contributed by atoms with Crippen LogP contribution in [0.4, 0.5) is 0 Å². The zero-order valence-electron chi connectivity index (χ0n) is 12.3. The van der Waals surface area contributed by atoms with Crippen LogP contribution in [0.3, 0.4) is 0 Å². The molecule has 6 heteroatoms. The molecule has 3 N–H and O–H groups in total. The normalized spacial score (nSPS) is 10.3. The number of amides is 1. The van der Waals surface area contributed by atoms with Gasteiger partial charge in [-0.15, -0.1) is 0 Å². The van der Waals surface area contributed by atoms with Crippen LogP contribution < -0.4 is 16.0 Å². The molecule has 1 amide bonds. The van der Waals surface area contributed by atoms with Gasteiger partial charge in [0.1, 0.15) is 0 Å². The SMILES string of the molecule is CCOCCCNC(=S)NCCC(=O)NCC(C)C. The lowest BCUT2D eigenvalue weighted by Crippen LogP contribution is -2.38. The van der Waals surface area contributed by atoms with Crippen molar-refractivity contribution in [1.29, 1.82) is 0 Å². The predicted octanol–water partition coefficient (Wildman–Crippen LogP) is 1.04. The molecule has 0 rings (SSSR count). The van der Waals surface area contributed by atoms with E-state index >= 15 is 0 Å². The lowest BCUT2D eigenvalue weighted by atomic mass is 10.2. The first-order chi connectivity index (χ1) is 9.06. The fraction of sp³-hybridized carbons (Fsp3) is 0.846. The molecule has 0 saturated heterocycles. The average Bonchev–Trinajstić information content (AvgIpc) is 2.36. The van der Waals surface area contributed by atoms with E-state index < -0.39 is 0 Å². The largest absolute Gasteiger partial charge is 0.382 e. The summed E-state index contributed by atoms with van der Waals surface area (Å²) in [6.45, 7) is 9.66. The van der Waals surface area contributed by atoms with E-state index in [0.717, 1.165) is 32.7 Å². The average molecular weight is 289 g/mol. The number of carbonyl (C=O) groups excluding carboxylic acids is 1. The Kier molecular flexibility index (Phi) is 11.6. The first-order valence-electron chi connectivity index (χ1n) is 6.92. The van der Waals surface area contributed by atoms with E-state index in [2.05, 4.69) is 29.8 Å². The van der Waals surface area contributed by atoms with Gasteiger partial charge in [0, 0.05) is 39.3 Å². The highest BCUT2D eigenvalue weighted by atomic mass is 32.1. The topological polar surface area (TPSA) is 62.4 Å². The molecule has 0 fully saturated rings. The number of nitrogens with one attached hydrogen (secondary N) is 3. The van der Waals surface area contributed by atoms with Crippen molar-refractivity contribution in [2.24, 2.45) is 5.92 Å². The fourth-order valence-corrected chi connectivity index (χ4v) is 1.48. The Morgan fingerprint density at radius 2 is 1.89 bits per heavy atom. The van der Waals surface area contributed by atoms with Crippen molar-refractivity contribution in [3.63, 3.8) is 0 Å². The van der Waals surface area contributed by atoms with Gasteiger partial charge < -0.3 is 20.7 Å². The van der Waals surface area contributed by atoms with Crippen LogP contribution in [0.5, 0.6) is 0 Å². The monoisotopic (exact) mass is 289 g/mol. The van der Waals surface area contributed by atoms with Crippen molar-refractivity contribution in [3.8, 4) is 0 Å². The number of ether oxygens (including phenoxy) is 1. The van der Waals surface area contributed by atoms with E-state index in [0.29, 0.717) is 24.0 Å². The van der Waals surface area contributed by atoms with Crippen LogP contribution in [0.2, 0.25) is 0 Å². The molecule has 0 spiro atoms. The summed E-state index contributed by atoms with van der Waals surface area (Å²) in [7, 11) is 0. The van der Waals surface area contributed by atoms with Crippen molar-refractivity contribution in [3.05, 3.63) is 0 Å². The summed E-state index contributed by atoms with van der Waals surface area (Å²) in [6, 6.07) is 0. The molecule has 0 aromatic heterocycles. The lowest BCUT2D eigenvalue weighted by Gasteiger charge is -2.11. The second kappa shape index (κ2) is 12.2. The van der Waals surface area contributed by atoms with Crippen molar-refractivity contribution in [2.75, 3.05) is 32.8 Å². The highest BCUT2D eigenvalue weighted by Gasteiger charge is 2.02. The molecule has 5 nitrogen and oxygen atoms in total. The number of rotatable bonds is 10. The van der Waals surface area contributed by atoms with E-state index in [1.807, 2.05) is 6.92 Å². The molecule has 0 saturated carbocycles. The molecule has 0 aliphatic heterocycles. The van der Waals surface area contributed by atoms with Crippen molar-refractivity contribution >= 4 is 23.2 Å². The van der Waals surface area contributed by atoms with Crippen LogP contribution in [0.25, 0.3) is 0 Å². The molecule has 0 heterocycles. The fourth-order valence-electron chi connectivity index (χ4n) is 1.28. The zero-order chi connectivity index (χ0) is 14.5. The summed E-state index contributed by atoms with van der Waals surface area (Å²) in [5.41, 5.74) is 0. The van der Waals surface area contributed by atoms with Gasteiger partial charge in [-0.3, -0.25) is 4.79 Å².